The van der Waals surface area contributed by atoms with E-state index in [2.05, 4.69) is 15.1 Å². The number of rotatable bonds is 5. The van der Waals surface area contributed by atoms with E-state index in [0.717, 1.165) is 37.8 Å². The average molecular weight is 343 g/mol. The summed E-state index contributed by atoms with van der Waals surface area (Å²) in [6, 6.07) is 1.35. The SMILES string of the molecule is O=c1cc(CCC2CCC2)c2c(=O)[nH]c(ON=C3CCCC3)nc2o1. The predicted octanol–water partition coefficient (Wildman–Crippen LogP) is 2.92. The Morgan fingerprint density at radius 1 is 1.24 bits per heavy atom. The van der Waals surface area contributed by atoms with E-state index in [-0.39, 0.29) is 17.3 Å². The van der Waals surface area contributed by atoms with E-state index in [0.29, 0.717) is 23.3 Å². The number of H-pyrrole nitrogens is 1. The van der Waals surface area contributed by atoms with Crippen molar-refractivity contribution in [3.05, 3.63) is 32.4 Å². The number of aromatic amines is 1. The van der Waals surface area contributed by atoms with Gasteiger partial charge in [-0.05, 0) is 50.0 Å². The number of fused-ring (bicyclic) bond motifs is 1. The second-order valence-corrected chi connectivity index (χ2v) is 6.93. The van der Waals surface area contributed by atoms with Gasteiger partial charge in [0, 0.05) is 6.07 Å². The lowest BCUT2D eigenvalue weighted by atomic mass is 9.81. The van der Waals surface area contributed by atoms with Crippen LogP contribution < -0.4 is 16.0 Å². The standard InChI is InChI=1S/C18H21N3O4/c22-14-10-12(9-8-11-4-3-5-11)15-16(23)19-18(20-17(15)24-14)25-21-13-6-1-2-7-13/h10-11H,1-9H2,(H,19,20,23). The third kappa shape index (κ3) is 3.50. The third-order valence-corrected chi connectivity index (χ3v) is 5.16. The molecule has 0 radical (unpaired) electrons. The molecular weight excluding hydrogens is 322 g/mol. The molecule has 2 heterocycles. The summed E-state index contributed by atoms with van der Waals surface area (Å²) in [5, 5.41) is 4.36. The highest BCUT2D eigenvalue weighted by molar-refractivity contribution is 5.85. The minimum Gasteiger partial charge on any atom is -0.403 e. The van der Waals surface area contributed by atoms with Crippen LogP contribution in [-0.2, 0) is 6.42 Å². The molecule has 0 unspecified atom stereocenters. The molecule has 0 bridgehead atoms. The molecule has 2 fully saturated rings. The van der Waals surface area contributed by atoms with E-state index in [1.54, 1.807) is 0 Å². The zero-order valence-corrected chi connectivity index (χ0v) is 14.0. The van der Waals surface area contributed by atoms with Crippen LogP contribution in [-0.4, -0.2) is 15.7 Å². The van der Waals surface area contributed by atoms with Gasteiger partial charge in [-0.15, -0.1) is 0 Å². The predicted molar refractivity (Wildman–Crippen MR) is 93.1 cm³/mol. The van der Waals surface area contributed by atoms with Crippen molar-refractivity contribution < 1.29 is 9.25 Å². The highest BCUT2D eigenvalue weighted by atomic mass is 16.6. The van der Waals surface area contributed by atoms with Crippen molar-refractivity contribution in [2.45, 2.75) is 57.8 Å². The largest absolute Gasteiger partial charge is 0.403 e. The fourth-order valence-corrected chi connectivity index (χ4v) is 3.49. The van der Waals surface area contributed by atoms with E-state index in [9.17, 15) is 9.59 Å². The maximum atomic E-state index is 12.5. The minimum atomic E-state index is -0.498. The first-order chi connectivity index (χ1) is 12.2. The van der Waals surface area contributed by atoms with Gasteiger partial charge in [-0.2, -0.15) is 4.98 Å². The van der Waals surface area contributed by atoms with Crippen molar-refractivity contribution >= 4 is 16.8 Å². The van der Waals surface area contributed by atoms with Crippen LogP contribution in [0.1, 0.15) is 56.9 Å². The van der Waals surface area contributed by atoms with Crippen LogP contribution in [0, 0.1) is 5.92 Å². The molecule has 25 heavy (non-hydrogen) atoms. The van der Waals surface area contributed by atoms with Gasteiger partial charge >= 0.3 is 11.6 Å². The Bertz CT molecular complexity index is 916. The zero-order valence-electron chi connectivity index (χ0n) is 14.0. The molecule has 0 atom stereocenters. The summed E-state index contributed by atoms with van der Waals surface area (Å²) in [5.74, 6) is 0.694. The smallest absolute Gasteiger partial charge is 0.337 e. The molecule has 132 valence electrons. The van der Waals surface area contributed by atoms with Gasteiger partial charge in [0.05, 0.1) is 5.71 Å². The lowest BCUT2D eigenvalue weighted by molar-refractivity contribution is 0.296. The Hall–Kier alpha value is -2.44. The Morgan fingerprint density at radius 3 is 2.76 bits per heavy atom. The fourth-order valence-electron chi connectivity index (χ4n) is 3.49. The first-order valence-electron chi connectivity index (χ1n) is 8.99. The number of hydrogen-bond acceptors (Lipinski definition) is 6. The summed E-state index contributed by atoms with van der Waals surface area (Å²) in [6.45, 7) is 0. The Kier molecular flexibility index (Phi) is 4.38. The molecular formula is C18H21N3O4. The van der Waals surface area contributed by atoms with Crippen LogP contribution in [0.3, 0.4) is 0 Å². The number of oxime groups is 1. The molecule has 0 aromatic carbocycles. The first kappa shape index (κ1) is 16.1. The number of aryl methyl sites for hydroxylation is 1. The maximum Gasteiger partial charge on any atom is 0.337 e. The van der Waals surface area contributed by atoms with Crippen LogP contribution in [0.15, 0.2) is 25.2 Å². The highest BCUT2D eigenvalue weighted by Gasteiger charge is 2.19. The fraction of sp³-hybridized carbons (Fsp3) is 0.556. The monoisotopic (exact) mass is 343 g/mol. The molecule has 2 aliphatic rings. The van der Waals surface area contributed by atoms with Crippen LogP contribution in [0.4, 0.5) is 0 Å². The molecule has 2 saturated carbocycles. The molecule has 7 nitrogen and oxygen atoms in total. The van der Waals surface area contributed by atoms with E-state index < -0.39 is 5.63 Å². The topological polar surface area (TPSA) is 97.5 Å². The molecule has 1 N–H and O–H groups in total. The van der Waals surface area contributed by atoms with E-state index >= 15 is 0 Å². The van der Waals surface area contributed by atoms with E-state index in [1.807, 2.05) is 0 Å². The second kappa shape index (κ2) is 6.82. The van der Waals surface area contributed by atoms with Crippen molar-refractivity contribution in [2.24, 2.45) is 11.1 Å². The zero-order chi connectivity index (χ0) is 17.2. The Labute approximate surface area is 144 Å². The summed E-state index contributed by atoms with van der Waals surface area (Å²) in [4.78, 5) is 36.3. The molecule has 4 rings (SSSR count). The molecule has 2 aromatic heterocycles. The second-order valence-electron chi connectivity index (χ2n) is 6.93. The van der Waals surface area contributed by atoms with Crippen LogP contribution in [0.25, 0.3) is 11.1 Å². The van der Waals surface area contributed by atoms with Crippen LogP contribution in [0.5, 0.6) is 6.01 Å². The average Bonchev–Trinajstić information content (AvgIpc) is 3.04. The minimum absolute atomic E-state index is 0.0153. The van der Waals surface area contributed by atoms with Gasteiger partial charge in [-0.3, -0.25) is 9.78 Å². The molecule has 7 heteroatoms. The van der Waals surface area contributed by atoms with Crippen molar-refractivity contribution in [2.75, 3.05) is 0 Å². The van der Waals surface area contributed by atoms with Crippen LogP contribution >= 0.6 is 0 Å². The molecule has 2 aliphatic carbocycles. The molecule has 0 spiro atoms. The van der Waals surface area contributed by atoms with Crippen molar-refractivity contribution in [3.63, 3.8) is 0 Å². The quantitative estimate of drug-likeness (QED) is 0.842. The number of aromatic nitrogens is 2. The maximum absolute atomic E-state index is 12.5. The van der Waals surface area contributed by atoms with Crippen molar-refractivity contribution in [1.29, 1.82) is 0 Å². The lowest BCUT2D eigenvalue weighted by Gasteiger charge is -2.25. The highest BCUT2D eigenvalue weighted by Crippen LogP contribution is 2.31. The third-order valence-electron chi connectivity index (χ3n) is 5.16. The summed E-state index contributed by atoms with van der Waals surface area (Å²) in [6.07, 6.45) is 9.39. The molecule has 0 aliphatic heterocycles. The lowest BCUT2D eigenvalue weighted by Crippen LogP contribution is -2.16. The van der Waals surface area contributed by atoms with E-state index in [4.69, 9.17) is 9.25 Å². The molecule has 0 saturated heterocycles. The summed E-state index contributed by atoms with van der Waals surface area (Å²) in [5.41, 5.74) is 0.807. The summed E-state index contributed by atoms with van der Waals surface area (Å²) >= 11 is 0. The molecule has 0 amide bonds. The van der Waals surface area contributed by atoms with Gasteiger partial charge in [-0.1, -0.05) is 24.4 Å². The number of nitrogens with one attached hydrogen (secondary N) is 1. The van der Waals surface area contributed by atoms with Gasteiger partial charge in [0.15, 0.2) is 0 Å². The normalized spacial score (nSPS) is 17.7. The summed E-state index contributed by atoms with van der Waals surface area (Å²) in [7, 11) is 0. The van der Waals surface area contributed by atoms with Gasteiger partial charge in [0.25, 0.3) is 5.56 Å². The van der Waals surface area contributed by atoms with Crippen molar-refractivity contribution in [3.8, 4) is 6.01 Å². The van der Waals surface area contributed by atoms with Gasteiger partial charge < -0.3 is 9.25 Å². The van der Waals surface area contributed by atoms with Crippen LogP contribution in [0.2, 0.25) is 0 Å². The molecule has 2 aromatic rings. The van der Waals surface area contributed by atoms with Gasteiger partial charge in [0.2, 0.25) is 5.71 Å². The van der Waals surface area contributed by atoms with Gasteiger partial charge in [-0.25, -0.2) is 4.79 Å². The Morgan fingerprint density at radius 2 is 2.04 bits per heavy atom. The van der Waals surface area contributed by atoms with E-state index in [1.165, 1.54) is 25.3 Å². The first-order valence-corrected chi connectivity index (χ1v) is 8.99. The Balaban J connectivity index is 1.64. The summed E-state index contributed by atoms with van der Waals surface area (Å²) < 4.78 is 5.13. The number of hydrogen-bond donors (Lipinski definition) is 1. The van der Waals surface area contributed by atoms with Gasteiger partial charge in [0.1, 0.15) is 5.39 Å². The van der Waals surface area contributed by atoms with Crippen molar-refractivity contribution in [1.82, 2.24) is 9.97 Å². The number of nitrogens with zero attached hydrogens (tertiary/aromatic N) is 2.